The molecule has 5 heteroatoms. The first-order valence-corrected chi connectivity index (χ1v) is 9.39. The lowest BCUT2D eigenvalue weighted by atomic mass is 10.1. The van der Waals surface area contributed by atoms with Gasteiger partial charge in [-0.05, 0) is 44.2 Å². The number of benzene rings is 1. The van der Waals surface area contributed by atoms with Gasteiger partial charge in [0, 0.05) is 13.1 Å². The fourth-order valence-corrected chi connectivity index (χ4v) is 3.26. The molecule has 1 fully saturated rings. The van der Waals surface area contributed by atoms with Crippen LogP contribution in [0.4, 0.5) is 11.4 Å². The van der Waals surface area contributed by atoms with Crippen molar-refractivity contribution in [3.8, 4) is 0 Å². The fraction of sp³-hybridized carbons (Fsp3) is 0.650. The van der Waals surface area contributed by atoms with Gasteiger partial charge in [-0.3, -0.25) is 4.79 Å². The monoisotopic (exact) mass is 348 g/mol. The number of hydrogen-bond acceptors (Lipinski definition) is 4. The third-order valence-electron chi connectivity index (χ3n) is 4.52. The van der Waals surface area contributed by atoms with E-state index in [0.29, 0.717) is 18.9 Å². The number of carbonyl (C=O) groups is 1. The quantitative estimate of drug-likeness (QED) is 0.755. The number of para-hydroxylation sites is 2. The van der Waals surface area contributed by atoms with E-state index in [4.69, 9.17) is 4.74 Å². The third-order valence-corrected chi connectivity index (χ3v) is 4.52. The Morgan fingerprint density at radius 2 is 1.96 bits per heavy atom. The average molecular weight is 348 g/mol. The molecule has 0 saturated carbocycles. The van der Waals surface area contributed by atoms with Gasteiger partial charge in [-0.1, -0.05) is 26.0 Å². The van der Waals surface area contributed by atoms with Crippen molar-refractivity contribution in [1.82, 2.24) is 0 Å². The number of hydrogen-bond donors (Lipinski definition) is 2. The lowest BCUT2D eigenvalue weighted by Crippen LogP contribution is -2.36. The maximum Gasteiger partial charge on any atom is 0.226 e. The van der Waals surface area contributed by atoms with Crippen molar-refractivity contribution in [2.24, 2.45) is 5.92 Å². The average Bonchev–Trinajstić information content (AvgIpc) is 2.55. The molecule has 0 radical (unpaired) electrons. The Labute approximate surface area is 151 Å². The van der Waals surface area contributed by atoms with E-state index in [1.807, 2.05) is 24.3 Å². The molecule has 0 aliphatic carbocycles. The van der Waals surface area contributed by atoms with Crippen LogP contribution in [-0.2, 0) is 9.53 Å². The summed E-state index contributed by atoms with van der Waals surface area (Å²) in [6.07, 6.45) is 2.87. The second-order valence-electron chi connectivity index (χ2n) is 7.34. The Bertz CT molecular complexity index is 539. The van der Waals surface area contributed by atoms with Crippen LogP contribution < -0.4 is 10.2 Å². The van der Waals surface area contributed by atoms with Crippen LogP contribution in [-0.4, -0.2) is 42.9 Å². The van der Waals surface area contributed by atoms with Gasteiger partial charge in [0.25, 0.3) is 0 Å². The number of anilines is 2. The number of aliphatic hydroxyl groups is 1. The minimum Gasteiger partial charge on any atom is -0.393 e. The molecule has 140 valence electrons. The van der Waals surface area contributed by atoms with Gasteiger partial charge < -0.3 is 20.1 Å². The summed E-state index contributed by atoms with van der Waals surface area (Å²) in [6.45, 7) is 8.45. The van der Waals surface area contributed by atoms with Crippen molar-refractivity contribution in [2.45, 2.75) is 58.7 Å². The summed E-state index contributed by atoms with van der Waals surface area (Å²) in [5.74, 6) is 0.569. The van der Waals surface area contributed by atoms with Crippen molar-refractivity contribution < 1.29 is 14.6 Å². The van der Waals surface area contributed by atoms with Gasteiger partial charge in [-0.15, -0.1) is 0 Å². The Morgan fingerprint density at radius 1 is 1.28 bits per heavy atom. The number of nitrogens with one attached hydrogen (secondary N) is 1. The van der Waals surface area contributed by atoms with Crippen LogP contribution in [0.5, 0.6) is 0 Å². The van der Waals surface area contributed by atoms with Crippen molar-refractivity contribution in [1.29, 1.82) is 0 Å². The Balaban J connectivity index is 1.84. The number of nitrogens with zero attached hydrogens (tertiary/aromatic N) is 1. The van der Waals surface area contributed by atoms with Gasteiger partial charge in [0.2, 0.25) is 5.91 Å². The molecule has 1 saturated heterocycles. The van der Waals surface area contributed by atoms with Gasteiger partial charge >= 0.3 is 0 Å². The zero-order valence-corrected chi connectivity index (χ0v) is 15.7. The van der Waals surface area contributed by atoms with Crippen LogP contribution in [0.2, 0.25) is 0 Å². The normalized spacial score (nSPS) is 16.9. The summed E-state index contributed by atoms with van der Waals surface area (Å²) in [6, 6.07) is 7.86. The second-order valence-corrected chi connectivity index (χ2v) is 7.34. The molecule has 0 spiro atoms. The van der Waals surface area contributed by atoms with E-state index in [1.54, 1.807) is 0 Å². The highest BCUT2D eigenvalue weighted by molar-refractivity contribution is 5.94. The first-order valence-electron chi connectivity index (χ1n) is 9.39. The molecule has 1 atom stereocenters. The number of ether oxygens (including phenoxy) is 1. The molecule has 1 aromatic rings. The zero-order valence-electron chi connectivity index (χ0n) is 15.7. The molecule has 25 heavy (non-hydrogen) atoms. The fourth-order valence-electron chi connectivity index (χ4n) is 3.26. The first kappa shape index (κ1) is 19.7. The van der Waals surface area contributed by atoms with E-state index in [1.165, 1.54) is 0 Å². The Morgan fingerprint density at radius 3 is 2.64 bits per heavy atom. The van der Waals surface area contributed by atoms with E-state index in [9.17, 15) is 9.90 Å². The molecular formula is C20H32N2O3. The van der Waals surface area contributed by atoms with E-state index in [2.05, 4.69) is 31.0 Å². The lowest BCUT2D eigenvalue weighted by Gasteiger charge is -2.32. The van der Waals surface area contributed by atoms with Gasteiger partial charge in [0.1, 0.15) is 0 Å². The van der Waals surface area contributed by atoms with E-state index in [0.717, 1.165) is 43.7 Å². The molecule has 2 N–H and O–H groups in total. The van der Waals surface area contributed by atoms with Crippen LogP contribution in [0.1, 0.15) is 46.5 Å². The highest BCUT2D eigenvalue weighted by Crippen LogP contribution is 2.28. The number of carbonyl (C=O) groups excluding carboxylic acids is 1. The van der Waals surface area contributed by atoms with Gasteiger partial charge in [0.05, 0.1) is 36.6 Å². The van der Waals surface area contributed by atoms with Crippen molar-refractivity contribution in [2.75, 3.05) is 29.9 Å². The van der Waals surface area contributed by atoms with Gasteiger partial charge in [0.15, 0.2) is 0 Å². The van der Waals surface area contributed by atoms with Crippen molar-refractivity contribution in [3.05, 3.63) is 24.3 Å². The predicted octanol–water partition coefficient (Wildman–Crippen LogP) is 3.43. The van der Waals surface area contributed by atoms with Crippen LogP contribution in [0.3, 0.4) is 0 Å². The van der Waals surface area contributed by atoms with E-state index < -0.39 is 0 Å². The first-order chi connectivity index (χ1) is 12.0. The standard InChI is InChI=1S/C20H32N2O3/c1-15(2)14-16(3)25-13-10-20(24)21-18-6-4-5-7-19(18)22-11-8-17(23)9-12-22/h4-7,15-17,23H,8-14H2,1-3H3,(H,21,24). The molecule has 0 bridgehead atoms. The molecule has 2 rings (SSSR count). The van der Waals surface area contributed by atoms with E-state index in [-0.39, 0.29) is 18.1 Å². The highest BCUT2D eigenvalue weighted by atomic mass is 16.5. The summed E-state index contributed by atoms with van der Waals surface area (Å²) in [5.41, 5.74) is 1.86. The smallest absolute Gasteiger partial charge is 0.226 e. The third kappa shape index (κ3) is 6.67. The van der Waals surface area contributed by atoms with Gasteiger partial charge in [-0.25, -0.2) is 0 Å². The highest BCUT2D eigenvalue weighted by Gasteiger charge is 2.19. The minimum absolute atomic E-state index is 0.0266. The molecule has 5 nitrogen and oxygen atoms in total. The summed E-state index contributed by atoms with van der Waals surface area (Å²) < 4.78 is 5.72. The van der Waals surface area contributed by atoms with Crippen molar-refractivity contribution in [3.63, 3.8) is 0 Å². The Kier molecular flexibility index (Phi) is 7.72. The summed E-state index contributed by atoms with van der Waals surface area (Å²) in [5, 5.41) is 12.7. The van der Waals surface area contributed by atoms with E-state index >= 15 is 0 Å². The number of aliphatic hydroxyl groups excluding tert-OH is 1. The lowest BCUT2D eigenvalue weighted by molar-refractivity contribution is -0.117. The van der Waals surface area contributed by atoms with Crippen LogP contribution in [0.25, 0.3) is 0 Å². The number of amides is 1. The zero-order chi connectivity index (χ0) is 18.2. The van der Waals surface area contributed by atoms with Gasteiger partial charge in [-0.2, -0.15) is 0 Å². The van der Waals surface area contributed by atoms with Crippen LogP contribution in [0.15, 0.2) is 24.3 Å². The molecule has 1 heterocycles. The number of piperidine rings is 1. The molecular weight excluding hydrogens is 316 g/mol. The molecule has 1 aliphatic rings. The summed E-state index contributed by atoms with van der Waals surface area (Å²) >= 11 is 0. The molecule has 1 unspecified atom stereocenters. The molecule has 1 aliphatic heterocycles. The molecule has 1 aromatic carbocycles. The summed E-state index contributed by atoms with van der Waals surface area (Å²) in [4.78, 5) is 14.5. The minimum atomic E-state index is -0.206. The topological polar surface area (TPSA) is 61.8 Å². The SMILES string of the molecule is CC(C)CC(C)OCCC(=O)Nc1ccccc1N1CCC(O)CC1. The number of rotatable bonds is 8. The maximum absolute atomic E-state index is 12.3. The molecule has 0 aromatic heterocycles. The second kappa shape index (κ2) is 9.78. The predicted molar refractivity (Wildman–Crippen MR) is 102 cm³/mol. The summed E-state index contributed by atoms with van der Waals surface area (Å²) in [7, 11) is 0. The Hall–Kier alpha value is -1.59. The largest absolute Gasteiger partial charge is 0.393 e. The maximum atomic E-state index is 12.3. The van der Waals surface area contributed by atoms with Crippen molar-refractivity contribution >= 4 is 17.3 Å². The molecule has 1 amide bonds. The van der Waals surface area contributed by atoms with Crippen LogP contribution >= 0.6 is 0 Å². The van der Waals surface area contributed by atoms with Crippen LogP contribution in [0, 0.1) is 5.92 Å².